The lowest BCUT2D eigenvalue weighted by Crippen LogP contribution is -2.12. The summed E-state index contributed by atoms with van der Waals surface area (Å²) < 4.78 is 6.84. The summed E-state index contributed by atoms with van der Waals surface area (Å²) >= 11 is 3.47. The van der Waals surface area contributed by atoms with E-state index in [1.807, 2.05) is 72.8 Å². The summed E-state index contributed by atoms with van der Waals surface area (Å²) in [6, 6.07) is 23.0. The van der Waals surface area contributed by atoms with Gasteiger partial charge in [-0.2, -0.15) is 0 Å². The maximum absolute atomic E-state index is 12.6. The fourth-order valence-corrected chi connectivity index (χ4v) is 3.12. The molecular weight excluding hydrogens is 392 g/mol. The number of rotatable bonds is 4. The second-order valence-electron chi connectivity index (χ2n) is 5.85. The average molecular weight is 407 g/mol. The van der Waals surface area contributed by atoms with E-state index < -0.39 is 0 Å². The van der Waals surface area contributed by atoms with Crippen LogP contribution in [0.1, 0.15) is 5.56 Å². The molecular formula is C21H15BrN2O2. The zero-order valence-corrected chi connectivity index (χ0v) is 15.4. The van der Waals surface area contributed by atoms with E-state index in [-0.39, 0.29) is 5.56 Å². The topological polar surface area (TPSA) is 55.0 Å². The highest BCUT2D eigenvalue weighted by molar-refractivity contribution is 9.10. The molecule has 0 bridgehead atoms. The van der Waals surface area contributed by atoms with Crippen LogP contribution in [0.5, 0.6) is 5.75 Å². The Morgan fingerprint density at radius 1 is 0.962 bits per heavy atom. The second-order valence-corrected chi connectivity index (χ2v) is 6.76. The number of benzene rings is 3. The molecule has 0 unspecified atom stereocenters. The first kappa shape index (κ1) is 16.5. The van der Waals surface area contributed by atoms with Crippen LogP contribution < -0.4 is 10.3 Å². The smallest absolute Gasteiger partial charge is 0.275 e. The van der Waals surface area contributed by atoms with Gasteiger partial charge < -0.3 is 9.72 Å². The summed E-state index contributed by atoms with van der Waals surface area (Å²) in [6.07, 6.45) is 0. The molecule has 0 saturated carbocycles. The third-order valence-corrected chi connectivity index (χ3v) is 4.53. The van der Waals surface area contributed by atoms with Crippen molar-refractivity contribution in [1.82, 2.24) is 9.97 Å². The van der Waals surface area contributed by atoms with Crippen LogP contribution in [-0.2, 0) is 6.61 Å². The molecule has 1 heterocycles. The van der Waals surface area contributed by atoms with Gasteiger partial charge in [-0.05, 0) is 35.9 Å². The van der Waals surface area contributed by atoms with Gasteiger partial charge in [-0.25, -0.2) is 4.98 Å². The van der Waals surface area contributed by atoms with Crippen LogP contribution in [0, 0.1) is 0 Å². The van der Waals surface area contributed by atoms with Crippen LogP contribution in [-0.4, -0.2) is 9.97 Å². The first-order valence-corrected chi connectivity index (χ1v) is 8.96. The molecule has 0 amide bonds. The monoisotopic (exact) mass is 406 g/mol. The number of nitrogens with one attached hydrogen (secondary N) is 1. The van der Waals surface area contributed by atoms with Gasteiger partial charge in [0, 0.05) is 10.0 Å². The molecule has 0 aliphatic carbocycles. The number of para-hydroxylation sites is 2. The highest BCUT2D eigenvalue weighted by Gasteiger charge is 2.14. The minimum atomic E-state index is -0.244. The highest BCUT2D eigenvalue weighted by atomic mass is 79.9. The summed E-state index contributed by atoms with van der Waals surface area (Å²) in [5.74, 6) is 0.616. The molecule has 5 heteroatoms. The van der Waals surface area contributed by atoms with Gasteiger partial charge >= 0.3 is 0 Å². The van der Waals surface area contributed by atoms with Crippen molar-refractivity contribution >= 4 is 27.0 Å². The maximum Gasteiger partial charge on any atom is 0.275 e. The second kappa shape index (κ2) is 7.14. The van der Waals surface area contributed by atoms with E-state index in [1.165, 1.54) is 0 Å². The normalized spacial score (nSPS) is 10.8. The SMILES string of the molecule is O=c1[nH]c2ccccc2nc1-c1cc(Br)ccc1OCc1ccccc1. The Labute approximate surface area is 158 Å². The molecule has 0 saturated heterocycles. The van der Waals surface area contributed by atoms with Gasteiger partial charge in [0.1, 0.15) is 18.1 Å². The minimum absolute atomic E-state index is 0.244. The minimum Gasteiger partial charge on any atom is -0.488 e. The molecule has 128 valence electrons. The summed E-state index contributed by atoms with van der Waals surface area (Å²) in [5.41, 5.74) is 3.25. The Hall–Kier alpha value is -2.92. The lowest BCUT2D eigenvalue weighted by Gasteiger charge is -2.12. The van der Waals surface area contributed by atoms with Crippen LogP contribution in [0.15, 0.2) is 82.1 Å². The summed E-state index contributed by atoms with van der Waals surface area (Å²) in [7, 11) is 0. The molecule has 0 fully saturated rings. The molecule has 0 aliphatic heterocycles. The summed E-state index contributed by atoms with van der Waals surface area (Å²) in [6.45, 7) is 0.418. The molecule has 0 atom stereocenters. The van der Waals surface area contributed by atoms with E-state index in [0.29, 0.717) is 29.1 Å². The van der Waals surface area contributed by atoms with Crippen molar-refractivity contribution in [3.63, 3.8) is 0 Å². The Bertz CT molecular complexity index is 1120. The number of H-pyrrole nitrogens is 1. The van der Waals surface area contributed by atoms with Crippen molar-refractivity contribution in [2.24, 2.45) is 0 Å². The molecule has 0 spiro atoms. The Morgan fingerprint density at radius 3 is 2.58 bits per heavy atom. The van der Waals surface area contributed by atoms with E-state index >= 15 is 0 Å². The van der Waals surface area contributed by atoms with Crippen LogP contribution >= 0.6 is 15.9 Å². The van der Waals surface area contributed by atoms with Gasteiger partial charge in [-0.1, -0.05) is 58.4 Å². The van der Waals surface area contributed by atoms with E-state index in [2.05, 4.69) is 25.9 Å². The van der Waals surface area contributed by atoms with Crippen molar-refractivity contribution in [3.05, 3.63) is 93.2 Å². The standard InChI is InChI=1S/C21H15BrN2O2/c22-15-10-11-19(26-13-14-6-2-1-3-7-14)16(12-15)20-21(25)24-18-9-5-4-8-17(18)23-20/h1-12H,13H2,(H,24,25). The zero-order chi connectivity index (χ0) is 17.9. The predicted molar refractivity (Wildman–Crippen MR) is 106 cm³/mol. The summed E-state index contributed by atoms with van der Waals surface area (Å²) in [5, 5.41) is 0. The summed E-state index contributed by atoms with van der Waals surface area (Å²) in [4.78, 5) is 20.0. The van der Waals surface area contributed by atoms with Crippen LogP contribution in [0.2, 0.25) is 0 Å². The molecule has 4 aromatic rings. The fraction of sp³-hybridized carbons (Fsp3) is 0.0476. The maximum atomic E-state index is 12.6. The van der Waals surface area contributed by atoms with Crippen LogP contribution in [0.3, 0.4) is 0 Å². The van der Waals surface area contributed by atoms with E-state index in [0.717, 1.165) is 15.6 Å². The van der Waals surface area contributed by atoms with E-state index in [1.54, 1.807) is 0 Å². The molecule has 4 rings (SSSR count). The number of nitrogens with zero attached hydrogens (tertiary/aromatic N) is 1. The number of hydrogen-bond donors (Lipinski definition) is 1. The molecule has 1 aromatic heterocycles. The number of fused-ring (bicyclic) bond motifs is 1. The Morgan fingerprint density at radius 2 is 1.73 bits per heavy atom. The van der Waals surface area contributed by atoms with Gasteiger partial charge in [-0.3, -0.25) is 4.79 Å². The Balaban J connectivity index is 1.77. The van der Waals surface area contributed by atoms with Gasteiger partial charge in [0.2, 0.25) is 0 Å². The first-order valence-electron chi connectivity index (χ1n) is 8.16. The van der Waals surface area contributed by atoms with Gasteiger partial charge in [0.15, 0.2) is 0 Å². The predicted octanol–water partition coefficient (Wildman–Crippen LogP) is 4.93. The highest BCUT2D eigenvalue weighted by Crippen LogP contribution is 2.31. The molecule has 0 radical (unpaired) electrons. The lowest BCUT2D eigenvalue weighted by molar-refractivity contribution is 0.307. The van der Waals surface area contributed by atoms with Crippen molar-refractivity contribution < 1.29 is 4.74 Å². The van der Waals surface area contributed by atoms with Crippen molar-refractivity contribution in [2.75, 3.05) is 0 Å². The van der Waals surface area contributed by atoms with Crippen molar-refractivity contribution in [3.8, 4) is 17.0 Å². The van der Waals surface area contributed by atoms with E-state index in [4.69, 9.17) is 4.74 Å². The third kappa shape index (κ3) is 3.39. The zero-order valence-electron chi connectivity index (χ0n) is 13.8. The van der Waals surface area contributed by atoms with Gasteiger partial charge in [0.25, 0.3) is 5.56 Å². The molecule has 1 N–H and O–H groups in total. The third-order valence-electron chi connectivity index (χ3n) is 4.03. The number of aromatic amines is 1. The van der Waals surface area contributed by atoms with Gasteiger partial charge in [-0.15, -0.1) is 0 Å². The van der Waals surface area contributed by atoms with Crippen LogP contribution in [0.25, 0.3) is 22.3 Å². The van der Waals surface area contributed by atoms with E-state index in [9.17, 15) is 4.79 Å². The van der Waals surface area contributed by atoms with Crippen molar-refractivity contribution in [2.45, 2.75) is 6.61 Å². The number of hydrogen-bond acceptors (Lipinski definition) is 3. The number of halogens is 1. The number of ether oxygens (including phenoxy) is 1. The quantitative estimate of drug-likeness (QED) is 0.522. The molecule has 0 aliphatic rings. The average Bonchev–Trinajstić information content (AvgIpc) is 2.67. The first-order chi connectivity index (χ1) is 12.7. The number of aromatic nitrogens is 2. The molecule has 4 nitrogen and oxygen atoms in total. The molecule has 26 heavy (non-hydrogen) atoms. The van der Waals surface area contributed by atoms with Crippen molar-refractivity contribution in [1.29, 1.82) is 0 Å². The van der Waals surface area contributed by atoms with Gasteiger partial charge in [0.05, 0.1) is 11.0 Å². The van der Waals surface area contributed by atoms with Crippen LogP contribution in [0.4, 0.5) is 0 Å². The molecule has 3 aromatic carbocycles. The lowest BCUT2D eigenvalue weighted by atomic mass is 10.1. The Kier molecular flexibility index (Phi) is 4.54. The fourth-order valence-electron chi connectivity index (χ4n) is 2.76. The largest absolute Gasteiger partial charge is 0.488 e.